The van der Waals surface area contributed by atoms with Crippen LogP contribution in [0.5, 0.6) is 0 Å². The topological polar surface area (TPSA) is 74.3 Å². The van der Waals surface area contributed by atoms with Gasteiger partial charge in [-0.1, -0.05) is 12.1 Å². The van der Waals surface area contributed by atoms with Gasteiger partial charge in [-0.05, 0) is 25.5 Å². The van der Waals surface area contributed by atoms with Crippen molar-refractivity contribution in [3.63, 3.8) is 0 Å². The van der Waals surface area contributed by atoms with E-state index in [0.29, 0.717) is 37.1 Å². The van der Waals surface area contributed by atoms with Crippen LogP contribution in [-0.2, 0) is 22.5 Å². The van der Waals surface area contributed by atoms with Crippen molar-refractivity contribution in [1.82, 2.24) is 19.9 Å². The predicted octanol–water partition coefficient (Wildman–Crippen LogP) is 3.30. The molecule has 0 radical (unpaired) electrons. The Morgan fingerprint density at radius 2 is 2.06 bits per heavy atom. The highest BCUT2D eigenvalue weighted by molar-refractivity contribution is 5.95. The van der Waals surface area contributed by atoms with Crippen molar-refractivity contribution >= 4 is 22.8 Å². The number of carbonyl (C=O) groups is 1. The summed E-state index contributed by atoms with van der Waals surface area (Å²) >= 11 is 0. The Kier molecular flexibility index (Phi) is 5.04. The summed E-state index contributed by atoms with van der Waals surface area (Å²) in [5.74, 6) is -1.39. The van der Waals surface area contributed by atoms with Crippen LogP contribution in [0.25, 0.3) is 22.2 Å². The molecule has 1 aromatic carbocycles. The number of rotatable bonds is 2. The number of hydrogen-bond donors (Lipinski definition) is 1. The van der Waals surface area contributed by atoms with E-state index < -0.39 is 12.1 Å². The molecule has 2 aliphatic rings. The standard InChI is InChI=1S/C22H22F3N5O2/c1-13-12-32-10-9-30(13)21-27-18-11-29(20(31)22(23,24)25)8-6-16(18)19(28-21)15-3-2-4-17-14(15)5-7-26-17/h2-5,7,13,26H,6,8-12H2,1H3. The van der Waals surface area contributed by atoms with Crippen LogP contribution in [0.3, 0.4) is 0 Å². The first-order valence-electron chi connectivity index (χ1n) is 10.5. The van der Waals surface area contributed by atoms with Gasteiger partial charge in [0.15, 0.2) is 0 Å². The fourth-order valence-corrected chi connectivity index (χ4v) is 4.44. The fraction of sp³-hybridized carbons (Fsp3) is 0.409. The Labute approximate surface area is 182 Å². The quantitative estimate of drug-likeness (QED) is 0.655. The van der Waals surface area contributed by atoms with Crippen LogP contribution in [0.4, 0.5) is 19.1 Å². The van der Waals surface area contributed by atoms with Crippen molar-refractivity contribution < 1.29 is 22.7 Å². The molecule has 0 saturated carbocycles. The number of fused-ring (bicyclic) bond motifs is 2. The van der Waals surface area contributed by atoms with Crippen LogP contribution in [0.2, 0.25) is 0 Å². The molecular weight excluding hydrogens is 423 g/mol. The van der Waals surface area contributed by atoms with Gasteiger partial charge in [-0.25, -0.2) is 9.97 Å². The zero-order valence-electron chi connectivity index (χ0n) is 17.4. The van der Waals surface area contributed by atoms with Gasteiger partial charge in [-0.2, -0.15) is 13.2 Å². The number of morpholine rings is 1. The fourth-order valence-electron chi connectivity index (χ4n) is 4.44. The first kappa shape index (κ1) is 20.7. The second-order valence-electron chi connectivity index (χ2n) is 8.13. The molecule has 4 heterocycles. The maximum absolute atomic E-state index is 13.1. The molecule has 1 atom stereocenters. The number of halogens is 3. The Morgan fingerprint density at radius 1 is 1.22 bits per heavy atom. The lowest BCUT2D eigenvalue weighted by molar-refractivity contribution is -0.186. The monoisotopic (exact) mass is 445 g/mol. The van der Waals surface area contributed by atoms with Crippen molar-refractivity contribution in [2.45, 2.75) is 32.1 Å². The lowest BCUT2D eigenvalue weighted by Gasteiger charge is -2.35. The summed E-state index contributed by atoms with van der Waals surface area (Å²) in [6, 6.07) is 7.81. The summed E-state index contributed by atoms with van der Waals surface area (Å²) in [7, 11) is 0. The van der Waals surface area contributed by atoms with E-state index in [1.54, 1.807) is 0 Å². The van der Waals surface area contributed by atoms with Gasteiger partial charge < -0.3 is 19.5 Å². The molecule has 1 saturated heterocycles. The van der Waals surface area contributed by atoms with Gasteiger partial charge in [-0.15, -0.1) is 0 Å². The summed E-state index contributed by atoms with van der Waals surface area (Å²) in [5, 5.41) is 0.975. The summed E-state index contributed by atoms with van der Waals surface area (Å²) in [6.45, 7) is 3.39. The van der Waals surface area contributed by atoms with Gasteiger partial charge in [0.1, 0.15) is 0 Å². The maximum atomic E-state index is 13.1. The largest absolute Gasteiger partial charge is 0.471 e. The molecule has 2 aliphatic heterocycles. The zero-order chi connectivity index (χ0) is 22.5. The number of anilines is 1. The number of carbonyl (C=O) groups excluding carboxylic acids is 1. The van der Waals surface area contributed by atoms with Crippen molar-refractivity contribution in [3.8, 4) is 11.3 Å². The first-order chi connectivity index (χ1) is 15.3. The average Bonchev–Trinajstić information content (AvgIpc) is 3.26. The van der Waals surface area contributed by atoms with Gasteiger partial charge >= 0.3 is 12.1 Å². The molecule has 32 heavy (non-hydrogen) atoms. The van der Waals surface area contributed by atoms with E-state index in [1.165, 1.54) is 0 Å². The minimum atomic E-state index is -4.91. The minimum absolute atomic E-state index is 0.0224. The average molecular weight is 445 g/mol. The molecule has 0 aliphatic carbocycles. The molecular formula is C22H22F3N5O2. The van der Waals surface area contributed by atoms with Crippen molar-refractivity contribution in [2.24, 2.45) is 0 Å². The smallest absolute Gasteiger partial charge is 0.377 e. The molecule has 0 bridgehead atoms. The van der Waals surface area contributed by atoms with Gasteiger partial charge in [-0.3, -0.25) is 4.79 Å². The number of aromatic amines is 1. The highest BCUT2D eigenvalue weighted by Gasteiger charge is 2.43. The number of alkyl halides is 3. The summed E-state index contributed by atoms with van der Waals surface area (Å²) in [6.07, 6.45) is -2.81. The number of hydrogen-bond acceptors (Lipinski definition) is 5. The lowest BCUT2D eigenvalue weighted by atomic mass is 9.96. The number of nitrogens with zero attached hydrogens (tertiary/aromatic N) is 4. The van der Waals surface area contributed by atoms with Crippen molar-refractivity contribution in [2.75, 3.05) is 31.2 Å². The molecule has 10 heteroatoms. The van der Waals surface area contributed by atoms with E-state index in [1.807, 2.05) is 42.3 Å². The third-order valence-electron chi connectivity index (χ3n) is 6.06. The molecule has 1 amide bonds. The van der Waals surface area contributed by atoms with Crippen LogP contribution < -0.4 is 4.90 Å². The summed E-state index contributed by atoms with van der Waals surface area (Å²) < 4.78 is 44.7. The lowest BCUT2D eigenvalue weighted by Crippen LogP contribution is -2.46. The number of aromatic nitrogens is 3. The van der Waals surface area contributed by atoms with Gasteiger partial charge in [0.05, 0.1) is 37.2 Å². The molecule has 2 aromatic heterocycles. The van der Waals surface area contributed by atoms with E-state index in [2.05, 4.69) is 9.97 Å². The van der Waals surface area contributed by atoms with Gasteiger partial charge in [0.25, 0.3) is 0 Å². The Hall–Kier alpha value is -3.14. The van der Waals surface area contributed by atoms with E-state index >= 15 is 0 Å². The summed E-state index contributed by atoms with van der Waals surface area (Å²) in [4.78, 5) is 27.5. The molecule has 3 aromatic rings. The zero-order valence-corrected chi connectivity index (χ0v) is 17.4. The van der Waals surface area contributed by atoms with Crippen LogP contribution in [0, 0.1) is 0 Å². The molecule has 1 unspecified atom stereocenters. The SMILES string of the molecule is CC1COCCN1c1nc2c(c(-c3cccc4[nH]ccc34)n1)CCN(C(=O)C(F)(F)F)C2. The third-order valence-corrected chi connectivity index (χ3v) is 6.06. The van der Waals surface area contributed by atoms with Crippen molar-refractivity contribution in [1.29, 1.82) is 0 Å². The van der Waals surface area contributed by atoms with E-state index in [9.17, 15) is 18.0 Å². The number of amides is 1. The van der Waals surface area contributed by atoms with Crippen molar-refractivity contribution in [3.05, 3.63) is 41.7 Å². The third kappa shape index (κ3) is 3.58. The molecule has 168 valence electrons. The Balaban J connectivity index is 1.64. The second kappa shape index (κ2) is 7.77. The first-order valence-corrected chi connectivity index (χ1v) is 10.5. The van der Waals surface area contributed by atoms with Crippen LogP contribution in [-0.4, -0.2) is 64.3 Å². The van der Waals surface area contributed by atoms with E-state index in [4.69, 9.17) is 9.72 Å². The van der Waals surface area contributed by atoms with Crippen LogP contribution >= 0.6 is 0 Å². The maximum Gasteiger partial charge on any atom is 0.471 e. The predicted molar refractivity (Wildman–Crippen MR) is 112 cm³/mol. The number of nitrogens with one attached hydrogen (secondary N) is 1. The normalized spacial score (nSPS) is 19.3. The minimum Gasteiger partial charge on any atom is -0.377 e. The van der Waals surface area contributed by atoms with Gasteiger partial charge in [0, 0.05) is 41.3 Å². The van der Waals surface area contributed by atoms with Gasteiger partial charge in [0.2, 0.25) is 5.95 Å². The molecule has 1 N–H and O–H groups in total. The molecule has 5 rings (SSSR count). The summed E-state index contributed by atoms with van der Waals surface area (Å²) in [5.41, 5.74) is 3.78. The van der Waals surface area contributed by atoms with Crippen LogP contribution in [0.1, 0.15) is 18.2 Å². The van der Waals surface area contributed by atoms with Crippen LogP contribution in [0.15, 0.2) is 30.5 Å². The second-order valence-corrected chi connectivity index (χ2v) is 8.13. The number of H-pyrrole nitrogens is 1. The number of ether oxygens (including phenoxy) is 1. The highest BCUT2D eigenvalue weighted by Crippen LogP contribution is 2.35. The number of benzene rings is 1. The Bertz CT molecular complexity index is 1180. The molecule has 1 fully saturated rings. The highest BCUT2D eigenvalue weighted by atomic mass is 19.4. The van der Waals surface area contributed by atoms with E-state index in [0.717, 1.165) is 26.9 Å². The van der Waals surface area contributed by atoms with E-state index in [-0.39, 0.29) is 25.6 Å². The Morgan fingerprint density at radius 3 is 2.84 bits per heavy atom. The molecule has 7 nitrogen and oxygen atoms in total. The molecule has 0 spiro atoms.